The van der Waals surface area contributed by atoms with Crippen LogP contribution >= 0.6 is 0 Å². The highest BCUT2D eigenvalue weighted by Gasteiger charge is 2.32. The fraction of sp³-hybridized carbons (Fsp3) is 0.389. The average Bonchev–Trinajstić information content (AvgIpc) is 2.92. The molecule has 1 amide bonds. The Balaban J connectivity index is 1.91. The third-order valence-corrected chi connectivity index (χ3v) is 4.48. The highest BCUT2D eigenvalue weighted by atomic mass is 19.1. The Bertz CT molecular complexity index is 831. The number of likely N-dealkylation sites (tertiary alicyclic amines) is 1. The Morgan fingerprint density at radius 2 is 2.00 bits per heavy atom. The van der Waals surface area contributed by atoms with Gasteiger partial charge < -0.3 is 10.0 Å². The largest absolute Gasteiger partial charge is 0.480 e. The minimum Gasteiger partial charge on any atom is -0.480 e. The number of carboxylic acid groups (broad SMARTS) is 1. The lowest BCUT2D eigenvalue weighted by Crippen LogP contribution is -2.48. The van der Waals surface area contributed by atoms with Crippen molar-refractivity contribution in [2.24, 2.45) is 0 Å². The first-order valence-electron chi connectivity index (χ1n) is 8.25. The second kappa shape index (κ2) is 6.66. The highest BCUT2D eigenvalue weighted by Crippen LogP contribution is 2.22. The van der Waals surface area contributed by atoms with Gasteiger partial charge in [0.1, 0.15) is 17.5 Å². The van der Waals surface area contributed by atoms with Gasteiger partial charge in [0.15, 0.2) is 0 Å². The number of aliphatic carboxylic acids is 1. The molecule has 7 heteroatoms. The van der Waals surface area contributed by atoms with Crippen molar-refractivity contribution in [1.82, 2.24) is 14.7 Å². The van der Waals surface area contributed by atoms with E-state index in [1.807, 2.05) is 19.9 Å². The van der Waals surface area contributed by atoms with Crippen LogP contribution in [0.15, 0.2) is 24.3 Å². The van der Waals surface area contributed by atoms with Crippen LogP contribution < -0.4 is 0 Å². The molecule has 1 N–H and O–H groups in total. The number of carbonyl (C=O) groups excluding carboxylic acids is 1. The molecule has 2 aromatic rings. The van der Waals surface area contributed by atoms with E-state index in [2.05, 4.69) is 5.10 Å². The molecule has 1 aliphatic heterocycles. The molecular weight excluding hydrogens is 325 g/mol. The molecule has 0 aliphatic carbocycles. The molecule has 1 atom stereocenters. The monoisotopic (exact) mass is 345 g/mol. The average molecular weight is 345 g/mol. The van der Waals surface area contributed by atoms with Crippen molar-refractivity contribution in [3.05, 3.63) is 47.0 Å². The van der Waals surface area contributed by atoms with Gasteiger partial charge in [0.25, 0.3) is 5.91 Å². The third-order valence-electron chi connectivity index (χ3n) is 4.48. The van der Waals surface area contributed by atoms with E-state index in [0.29, 0.717) is 13.0 Å². The van der Waals surface area contributed by atoms with Gasteiger partial charge in [-0.05, 0) is 57.4 Å². The summed E-state index contributed by atoms with van der Waals surface area (Å²) < 4.78 is 16.0. The van der Waals surface area contributed by atoms with Crippen molar-refractivity contribution in [2.45, 2.75) is 39.2 Å². The van der Waals surface area contributed by atoms with Crippen molar-refractivity contribution in [2.75, 3.05) is 6.54 Å². The molecule has 0 saturated carbocycles. The van der Waals surface area contributed by atoms with Crippen molar-refractivity contribution < 1.29 is 19.1 Å². The number of hydrogen-bond acceptors (Lipinski definition) is 3. The second-order valence-electron chi connectivity index (χ2n) is 6.35. The zero-order valence-corrected chi connectivity index (χ0v) is 14.2. The maximum Gasteiger partial charge on any atom is 0.326 e. The molecule has 0 spiro atoms. The van der Waals surface area contributed by atoms with Crippen LogP contribution in [0.2, 0.25) is 0 Å². The van der Waals surface area contributed by atoms with Crippen LogP contribution in [0.1, 0.15) is 41.0 Å². The normalized spacial score (nSPS) is 17.6. The third kappa shape index (κ3) is 3.26. The standard InChI is InChI=1S/C18H20FN3O3/c1-11-9-12(2)22(20-11)15-7-6-13(10-14(15)19)17(23)21-8-4-3-5-16(21)18(24)25/h6-7,9-10,16H,3-5,8H2,1-2H3,(H,24,25). The summed E-state index contributed by atoms with van der Waals surface area (Å²) in [4.78, 5) is 25.3. The van der Waals surface area contributed by atoms with Crippen LogP contribution in [0.5, 0.6) is 0 Å². The zero-order valence-electron chi connectivity index (χ0n) is 14.2. The van der Waals surface area contributed by atoms with Gasteiger partial charge in [-0.25, -0.2) is 13.9 Å². The van der Waals surface area contributed by atoms with Crippen LogP contribution in [0.4, 0.5) is 4.39 Å². The number of carbonyl (C=O) groups is 2. The topological polar surface area (TPSA) is 75.4 Å². The van der Waals surface area contributed by atoms with Crippen LogP contribution in [-0.2, 0) is 4.79 Å². The summed E-state index contributed by atoms with van der Waals surface area (Å²) >= 11 is 0. The summed E-state index contributed by atoms with van der Waals surface area (Å²) in [5, 5.41) is 13.5. The maximum atomic E-state index is 14.6. The lowest BCUT2D eigenvalue weighted by molar-refractivity contribution is -0.143. The van der Waals surface area contributed by atoms with E-state index in [4.69, 9.17) is 0 Å². The first kappa shape index (κ1) is 17.1. The Morgan fingerprint density at radius 3 is 2.60 bits per heavy atom. The number of benzene rings is 1. The van der Waals surface area contributed by atoms with Gasteiger partial charge >= 0.3 is 5.97 Å². The number of nitrogens with zero attached hydrogens (tertiary/aromatic N) is 3. The number of halogens is 1. The fourth-order valence-corrected chi connectivity index (χ4v) is 3.28. The number of piperidine rings is 1. The van der Waals surface area contributed by atoms with Gasteiger partial charge in [-0.2, -0.15) is 5.10 Å². The smallest absolute Gasteiger partial charge is 0.326 e. The van der Waals surface area contributed by atoms with E-state index in [9.17, 15) is 19.1 Å². The Hall–Kier alpha value is -2.70. The first-order chi connectivity index (χ1) is 11.9. The Morgan fingerprint density at radius 1 is 1.24 bits per heavy atom. The molecule has 6 nitrogen and oxygen atoms in total. The number of carboxylic acids is 1. The molecule has 1 unspecified atom stereocenters. The predicted octanol–water partition coefficient (Wildman–Crippen LogP) is 2.71. The van der Waals surface area contributed by atoms with Crippen molar-refractivity contribution >= 4 is 11.9 Å². The van der Waals surface area contributed by atoms with Gasteiger partial charge in [0.05, 0.1) is 5.69 Å². The van der Waals surface area contributed by atoms with E-state index in [1.54, 1.807) is 0 Å². The lowest BCUT2D eigenvalue weighted by atomic mass is 10.0. The SMILES string of the molecule is Cc1cc(C)n(-c2ccc(C(=O)N3CCCCC3C(=O)O)cc2F)n1. The minimum absolute atomic E-state index is 0.149. The van der Waals surface area contributed by atoms with Gasteiger partial charge in [0.2, 0.25) is 0 Å². The lowest BCUT2D eigenvalue weighted by Gasteiger charge is -2.33. The van der Waals surface area contributed by atoms with E-state index < -0.39 is 23.7 Å². The predicted molar refractivity (Wildman–Crippen MR) is 89.3 cm³/mol. The molecule has 0 bridgehead atoms. The van der Waals surface area contributed by atoms with Gasteiger partial charge in [-0.3, -0.25) is 4.79 Å². The second-order valence-corrected chi connectivity index (χ2v) is 6.35. The Kier molecular flexibility index (Phi) is 4.57. The number of rotatable bonds is 3. The summed E-state index contributed by atoms with van der Waals surface area (Å²) in [6.07, 6.45) is 1.95. The van der Waals surface area contributed by atoms with E-state index >= 15 is 0 Å². The molecule has 1 aromatic heterocycles. The number of amides is 1. The first-order valence-corrected chi connectivity index (χ1v) is 8.25. The molecule has 3 rings (SSSR count). The fourth-order valence-electron chi connectivity index (χ4n) is 3.28. The van der Waals surface area contributed by atoms with Crippen LogP contribution in [0, 0.1) is 19.7 Å². The molecular formula is C18H20FN3O3. The Labute approximate surface area is 144 Å². The molecule has 1 aromatic carbocycles. The van der Waals surface area contributed by atoms with Gasteiger partial charge in [-0.15, -0.1) is 0 Å². The summed E-state index contributed by atoms with van der Waals surface area (Å²) in [6, 6.07) is 5.16. The van der Waals surface area contributed by atoms with Crippen molar-refractivity contribution in [3.63, 3.8) is 0 Å². The van der Waals surface area contributed by atoms with Crippen LogP contribution in [0.25, 0.3) is 5.69 Å². The van der Waals surface area contributed by atoms with Gasteiger partial charge in [0, 0.05) is 17.8 Å². The van der Waals surface area contributed by atoms with E-state index in [0.717, 1.165) is 30.3 Å². The van der Waals surface area contributed by atoms with E-state index in [1.165, 1.54) is 21.7 Å². The summed E-state index contributed by atoms with van der Waals surface area (Å²) in [5.74, 6) is -2.04. The van der Waals surface area contributed by atoms with Crippen molar-refractivity contribution in [3.8, 4) is 5.69 Å². The van der Waals surface area contributed by atoms with Crippen molar-refractivity contribution in [1.29, 1.82) is 0 Å². The molecule has 0 radical (unpaired) electrons. The molecule has 132 valence electrons. The minimum atomic E-state index is -1.02. The maximum absolute atomic E-state index is 14.6. The molecule has 1 aliphatic rings. The quantitative estimate of drug-likeness (QED) is 0.928. The zero-order chi connectivity index (χ0) is 18.1. The summed E-state index contributed by atoms with van der Waals surface area (Å²) in [6.45, 7) is 4.02. The number of hydrogen-bond donors (Lipinski definition) is 1. The summed E-state index contributed by atoms with van der Waals surface area (Å²) in [7, 11) is 0. The number of aryl methyl sites for hydroxylation is 2. The molecule has 25 heavy (non-hydrogen) atoms. The summed E-state index contributed by atoms with van der Waals surface area (Å²) in [5.41, 5.74) is 1.97. The molecule has 1 fully saturated rings. The van der Waals surface area contributed by atoms with Crippen LogP contribution in [-0.4, -0.2) is 44.3 Å². The van der Waals surface area contributed by atoms with Gasteiger partial charge in [-0.1, -0.05) is 0 Å². The van der Waals surface area contributed by atoms with E-state index in [-0.39, 0.29) is 11.3 Å². The van der Waals surface area contributed by atoms with Crippen LogP contribution in [0.3, 0.4) is 0 Å². The molecule has 2 heterocycles. The highest BCUT2D eigenvalue weighted by molar-refractivity contribution is 5.97. The number of aromatic nitrogens is 2. The molecule has 1 saturated heterocycles.